The summed E-state index contributed by atoms with van der Waals surface area (Å²) in [5, 5.41) is 3.04. The minimum atomic E-state index is -0.0190. The van der Waals surface area contributed by atoms with Crippen LogP contribution in [-0.4, -0.2) is 30.6 Å². The third kappa shape index (κ3) is 10.4. The van der Waals surface area contributed by atoms with Gasteiger partial charge in [-0.1, -0.05) is 95.8 Å². The molecule has 1 unspecified atom stereocenters. The second-order valence-corrected chi connectivity index (χ2v) is 10.7. The highest BCUT2D eigenvalue weighted by molar-refractivity contribution is 5.92. The van der Waals surface area contributed by atoms with E-state index in [0.29, 0.717) is 6.42 Å². The maximum absolute atomic E-state index is 12.6. The zero-order valence-corrected chi connectivity index (χ0v) is 24.0. The van der Waals surface area contributed by atoms with Crippen LogP contribution in [0.5, 0.6) is 5.75 Å². The summed E-state index contributed by atoms with van der Waals surface area (Å²) in [6.45, 7) is 5.18. The van der Waals surface area contributed by atoms with Crippen molar-refractivity contribution in [1.82, 2.24) is 4.90 Å². The molecule has 208 valence electrons. The van der Waals surface area contributed by atoms with Gasteiger partial charge in [-0.05, 0) is 49.2 Å². The fourth-order valence-corrected chi connectivity index (χ4v) is 4.90. The van der Waals surface area contributed by atoms with Crippen LogP contribution in [0.3, 0.4) is 0 Å². The van der Waals surface area contributed by atoms with Gasteiger partial charge in [0.1, 0.15) is 11.9 Å². The molecule has 1 amide bonds. The van der Waals surface area contributed by atoms with Gasteiger partial charge in [-0.2, -0.15) is 0 Å². The van der Waals surface area contributed by atoms with E-state index in [1.165, 1.54) is 70.6 Å². The van der Waals surface area contributed by atoms with Gasteiger partial charge in [-0.25, -0.2) is 0 Å². The van der Waals surface area contributed by atoms with Gasteiger partial charge in [-0.15, -0.1) is 0 Å². The standard InChI is InChI=1S/C33H49N3O2/c1-4-5-6-7-8-9-10-11-12-13-14-15-25-38-32-21-19-29(20-22-32)26-33(37)34-30-17-16-18-31(27-30)36-24-23-35(3)28(36)2/h16-24,27-28H,4-15,25-26H2,1-3H3,(H,34,37). The molecule has 5 heteroatoms. The molecular formula is C33H49N3O2. The summed E-state index contributed by atoms with van der Waals surface area (Å²) in [5.74, 6) is 0.858. The molecule has 0 radical (unpaired) electrons. The Bertz CT molecular complexity index is 972. The molecule has 1 atom stereocenters. The Labute approximate surface area is 231 Å². The van der Waals surface area contributed by atoms with Gasteiger partial charge < -0.3 is 19.9 Å². The summed E-state index contributed by atoms with van der Waals surface area (Å²) in [7, 11) is 2.06. The smallest absolute Gasteiger partial charge is 0.228 e. The summed E-state index contributed by atoms with van der Waals surface area (Å²) in [5.41, 5.74) is 2.85. The van der Waals surface area contributed by atoms with Crippen LogP contribution in [0.25, 0.3) is 0 Å². The molecule has 1 N–H and O–H groups in total. The second kappa shape index (κ2) is 16.8. The first-order valence-electron chi connectivity index (χ1n) is 14.9. The van der Waals surface area contributed by atoms with E-state index < -0.39 is 0 Å². The summed E-state index contributed by atoms with van der Waals surface area (Å²) in [4.78, 5) is 17.0. The molecule has 3 rings (SSSR count). The molecular weight excluding hydrogens is 470 g/mol. The maximum atomic E-state index is 12.6. The summed E-state index contributed by atoms with van der Waals surface area (Å²) in [6, 6.07) is 15.9. The molecule has 5 nitrogen and oxygen atoms in total. The molecule has 2 aromatic carbocycles. The van der Waals surface area contributed by atoms with Crippen molar-refractivity contribution in [2.45, 2.75) is 103 Å². The summed E-state index contributed by atoms with van der Waals surface area (Å²) in [6.07, 6.45) is 20.9. The van der Waals surface area contributed by atoms with Crippen molar-refractivity contribution in [3.05, 3.63) is 66.5 Å². The number of carbonyl (C=O) groups excluding carboxylic acids is 1. The number of unbranched alkanes of at least 4 members (excludes halogenated alkanes) is 11. The Balaban J connectivity index is 1.27. The second-order valence-electron chi connectivity index (χ2n) is 10.7. The average molecular weight is 520 g/mol. The molecule has 0 saturated carbocycles. The normalized spacial score (nSPS) is 14.8. The van der Waals surface area contributed by atoms with E-state index in [9.17, 15) is 4.79 Å². The van der Waals surface area contributed by atoms with E-state index in [1.54, 1.807) is 0 Å². The Morgan fingerprint density at radius 1 is 0.842 bits per heavy atom. The number of benzene rings is 2. The fourth-order valence-electron chi connectivity index (χ4n) is 4.90. The zero-order valence-electron chi connectivity index (χ0n) is 24.0. The first-order valence-corrected chi connectivity index (χ1v) is 14.9. The number of hydrogen-bond acceptors (Lipinski definition) is 4. The lowest BCUT2D eigenvalue weighted by Gasteiger charge is -2.27. The Morgan fingerprint density at radius 3 is 2.08 bits per heavy atom. The highest BCUT2D eigenvalue weighted by Gasteiger charge is 2.20. The van der Waals surface area contributed by atoms with Crippen LogP contribution in [0, 0.1) is 0 Å². The van der Waals surface area contributed by atoms with Crippen LogP contribution in [0.1, 0.15) is 96.5 Å². The van der Waals surface area contributed by atoms with E-state index in [-0.39, 0.29) is 12.1 Å². The number of hydrogen-bond donors (Lipinski definition) is 1. The lowest BCUT2D eigenvalue weighted by atomic mass is 10.1. The number of anilines is 2. The highest BCUT2D eigenvalue weighted by atomic mass is 16.5. The van der Waals surface area contributed by atoms with Crippen LogP contribution in [0.2, 0.25) is 0 Å². The first kappa shape index (κ1) is 29.6. The highest BCUT2D eigenvalue weighted by Crippen LogP contribution is 2.26. The molecule has 1 aliphatic rings. The third-order valence-corrected chi connectivity index (χ3v) is 7.44. The number of ether oxygens (including phenoxy) is 1. The van der Waals surface area contributed by atoms with Gasteiger partial charge >= 0.3 is 0 Å². The van der Waals surface area contributed by atoms with E-state index in [2.05, 4.69) is 54.5 Å². The average Bonchev–Trinajstić information content (AvgIpc) is 3.25. The van der Waals surface area contributed by atoms with Crippen molar-refractivity contribution in [2.75, 3.05) is 23.9 Å². The Hall–Kier alpha value is -2.95. The Morgan fingerprint density at radius 2 is 1.47 bits per heavy atom. The van der Waals surface area contributed by atoms with E-state index >= 15 is 0 Å². The lowest BCUT2D eigenvalue weighted by Crippen LogP contribution is -2.33. The third-order valence-electron chi connectivity index (χ3n) is 7.44. The summed E-state index contributed by atoms with van der Waals surface area (Å²) < 4.78 is 5.92. The molecule has 0 bridgehead atoms. The van der Waals surface area contributed by atoms with Crippen molar-refractivity contribution in [2.24, 2.45) is 0 Å². The predicted molar refractivity (Wildman–Crippen MR) is 161 cm³/mol. The van der Waals surface area contributed by atoms with Crippen LogP contribution in [0.15, 0.2) is 60.9 Å². The maximum Gasteiger partial charge on any atom is 0.228 e. The van der Waals surface area contributed by atoms with Crippen molar-refractivity contribution >= 4 is 17.3 Å². The van der Waals surface area contributed by atoms with Crippen molar-refractivity contribution in [3.8, 4) is 5.75 Å². The minimum absolute atomic E-state index is 0.0190. The van der Waals surface area contributed by atoms with E-state index in [1.807, 2.05) is 42.5 Å². The molecule has 0 fully saturated rings. The fraction of sp³-hybridized carbons (Fsp3) is 0.545. The van der Waals surface area contributed by atoms with E-state index in [0.717, 1.165) is 35.7 Å². The van der Waals surface area contributed by atoms with Crippen LogP contribution in [-0.2, 0) is 11.2 Å². The SMILES string of the molecule is CCCCCCCCCCCCCCOc1ccc(CC(=O)Nc2cccc(N3C=CN(C)C3C)c2)cc1. The molecule has 0 saturated heterocycles. The molecule has 1 aliphatic heterocycles. The van der Waals surface area contributed by atoms with Gasteiger partial charge in [0.25, 0.3) is 0 Å². The number of rotatable bonds is 18. The number of amides is 1. The largest absolute Gasteiger partial charge is 0.494 e. The topological polar surface area (TPSA) is 44.8 Å². The number of carbonyl (C=O) groups is 1. The van der Waals surface area contributed by atoms with Crippen LogP contribution in [0.4, 0.5) is 11.4 Å². The zero-order chi connectivity index (χ0) is 27.0. The van der Waals surface area contributed by atoms with Crippen molar-refractivity contribution in [3.63, 3.8) is 0 Å². The molecule has 0 aromatic heterocycles. The molecule has 1 heterocycles. The molecule has 2 aromatic rings. The van der Waals surface area contributed by atoms with Gasteiger partial charge in [0.05, 0.1) is 13.0 Å². The quantitative estimate of drug-likeness (QED) is 0.200. The Kier molecular flexibility index (Phi) is 13.1. The number of nitrogens with one attached hydrogen (secondary N) is 1. The van der Waals surface area contributed by atoms with E-state index in [4.69, 9.17) is 4.74 Å². The van der Waals surface area contributed by atoms with Crippen molar-refractivity contribution < 1.29 is 9.53 Å². The first-order chi connectivity index (χ1) is 18.6. The molecule has 0 aliphatic carbocycles. The minimum Gasteiger partial charge on any atom is -0.494 e. The number of nitrogens with zero attached hydrogens (tertiary/aromatic N) is 2. The summed E-state index contributed by atoms with van der Waals surface area (Å²) >= 11 is 0. The predicted octanol–water partition coefficient (Wildman–Crippen LogP) is 8.52. The lowest BCUT2D eigenvalue weighted by molar-refractivity contribution is -0.115. The molecule has 0 spiro atoms. The van der Waals surface area contributed by atoms with Crippen LogP contribution >= 0.6 is 0 Å². The monoisotopic (exact) mass is 519 g/mol. The molecule has 38 heavy (non-hydrogen) atoms. The van der Waals surface area contributed by atoms with Gasteiger partial charge in [0.15, 0.2) is 0 Å². The van der Waals surface area contributed by atoms with Gasteiger partial charge in [0, 0.05) is 30.8 Å². The van der Waals surface area contributed by atoms with Crippen LogP contribution < -0.4 is 15.0 Å². The van der Waals surface area contributed by atoms with Crippen molar-refractivity contribution in [1.29, 1.82) is 0 Å². The van der Waals surface area contributed by atoms with Gasteiger partial charge in [-0.3, -0.25) is 4.79 Å². The van der Waals surface area contributed by atoms with Gasteiger partial charge in [0.2, 0.25) is 5.91 Å².